The molecule has 0 saturated carbocycles. The van der Waals surface area contributed by atoms with Gasteiger partial charge >= 0.3 is 5.30 Å². The molecule has 0 aromatic heterocycles. The molecular formula is C11H14O5S. The van der Waals surface area contributed by atoms with Gasteiger partial charge in [0.15, 0.2) is 0 Å². The van der Waals surface area contributed by atoms with E-state index < -0.39 is 15.1 Å². The van der Waals surface area contributed by atoms with E-state index in [1.165, 1.54) is 25.3 Å². The molecule has 6 heteroatoms. The molecule has 0 aliphatic heterocycles. The van der Waals surface area contributed by atoms with E-state index in [1.54, 1.807) is 13.8 Å². The van der Waals surface area contributed by atoms with Gasteiger partial charge in [-0.1, -0.05) is 0 Å². The Morgan fingerprint density at radius 1 is 1.35 bits per heavy atom. The zero-order chi connectivity index (χ0) is 13.1. The topological polar surface area (TPSA) is 69.7 Å². The number of benzene rings is 1. The number of aryl methyl sites for hydroxylation is 1. The van der Waals surface area contributed by atoms with Gasteiger partial charge in [-0.25, -0.2) is 13.2 Å². The van der Waals surface area contributed by atoms with Crippen molar-refractivity contribution in [3.8, 4) is 5.75 Å². The number of rotatable bonds is 3. The highest BCUT2D eigenvalue weighted by Crippen LogP contribution is 2.22. The first-order valence-corrected chi connectivity index (χ1v) is 6.48. The molecule has 1 aromatic carbocycles. The van der Waals surface area contributed by atoms with Gasteiger partial charge in [-0.3, -0.25) is 0 Å². The maximum absolute atomic E-state index is 11.8. The van der Waals surface area contributed by atoms with Crippen LogP contribution >= 0.6 is 0 Å². The van der Waals surface area contributed by atoms with Crippen molar-refractivity contribution in [3.05, 3.63) is 23.8 Å². The molecule has 0 aliphatic carbocycles. The molecule has 0 aliphatic rings. The molecule has 0 unspecified atom stereocenters. The Labute approximate surface area is 100 Å². The number of methoxy groups -OCH3 is 1. The van der Waals surface area contributed by atoms with E-state index in [-0.39, 0.29) is 11.5 Å². The van der Waals surface area contributed by atoms with E-state index in [2.05, 4.69) is 4.74 Å². The molecule has 0 atom stereocenters. The summed E-state index contributed by atoms with van der Waals surface area (Å²) in [7, 11) is -2.58. The van der Waals surface area contributed by atoms with Gasteiger partial charge in [0, 0.05) is 0 Å². The zero-order valence-corrected chi connectivity index (χ0v) is 10.7. The van der Waals surface area contributed by atoms with Gasteiger partial charge in [-0.15, -0.1) is 0 Å². The van der Waals surface area contributed by atoms with Gasteiger partial charge in [0.1, 0.15) is 5.75 Å². The van der Waals surface area contributed by atoms with Crippen molar-refractivity contribution in [1.82, 2.24) is 0 Å². The van der Waals surface area contributed by atoms with Crippen LogP contribution in [0.1, 0.15) is 12.5 Å². The minimum absolute atomic E-state index is 0.0210. The van der Waals surface area contributed by atoms with Crippen molar-refractivity contribution in [2.75, 3.05) is 13.7 Å². The van der Waals surface area contributed by atoms with Gasteiger partial charge in [0.2, 0.25) is 0 Å². The fraction of sp³-hybridized carbons (Fsp3) is 0.364. The lowest BCUT2D eigenvalue weighted by Crippen LogP contribution is -2.16. The van der Waals surface area contributed by atoms with E-state index in [0.29, 0.717) is 11.3 Å². The molecule has 94 valence electrons. The molecule has 0 heterocycles. The van der Waals surface area contributed by atoms with Gasteiger partial charge in [0.25, 0.3) is 9.84 Å². The maximum atomic E-state index is 11.8. The van der Waals surface area contributed by atoms with E-state index in [1.807, 2.05) is 0 Å². The summed E-state index contributed by atoms with van der Waals surface area (Å²) in [4.78, 5) is 11.2. The van der Waals surface area contributed by atoms with Crippen LogP contribution < -0.4 is 4.74 Å². The standard InChI is InChI=1S/C11H14O5S/c1-4-16-11(12)17(13,14)9-5-6-10(15-3)8(2)7-9/h5-7H,4H2,1-3H3. The summed E-state index contributed by atoms with van der Waals surface area (Å²) in [5.41, 5.74) is 0.637. The molecule has 0 amide bonds. The smallest absolute Gasteiger partial charge is 0.429 e. The Bertz CT molecular complexity index is 519. The molecule has 5 nitrogen and oxygen atoms in total. The summed E-state index contributed by atoms with van der Waals surface area (Å²) in [6, 6.07) is 4.20. The second-order valence-electron chi connectivity index (χ2n) is 3.32. The number of carbonyl (C=O) groups is 1. The quantitative estimate of drug-likeness (QED) is 0.775. The second kappa shape index (κ2) is 5.18. The lowest BCUT2D eigenvalue weighted by molar-refractivity contribution is 0.178. The fourth-order valence-electron chi connectivity index (χ4n) is 1.31. The minimum Gasteiger partial charge on any atom is -0.496 e. The third-order valence-corrected chi connectivity index (χ3v) is 3.59. The van der Waals surface area contributed by atoms with Crippen LogP contribution in [0.4, 0.5) is 4.79 Å². The van der Waals surface area contributed by atoms with Crippen LogP contribution in [-0.2, 0) is 14.6 Å². The molecule has 0 N–H and O–H groups in total. The molecule has 0 bridgehead atoms. The first-order chi connectivity index (χ1) is 7.93. The SMILES string of the molecule is CCOC(=O)S(=O)(=O)c1ccc(OC)c(C)c1. The third kappa shape index (κ3) is 2.76. The Morgan fingerprint density at radius 2 is 2.00 bits per heavy atom. The lowest BCUT2D eigenvalue weighted by Gasteiger charge is -2.07. The van der Waals surface area contributed by atoms with Crippen LogP contribution in [0, 0.1) is 6.92 Å². The molecule has 1 rings (SSSR count). The number of hydrogen-bond acceptors (Lipinski definition) is 5. The Balaban J connectivity index is 3.17. The van der Waals surface area contributed by atoms with Gasteiger partial charge in [-0.2, -0.15) is 0 Å². The summed E-state index contributed by atoms with van der Waals surface area (Å²) in [6.45, 7) is 3.27. The van der Waals surface area contributed by atoms with Crippen molar-refractivity contribution in [1.29, 1.82) is 0 Å². The monoisotopic (exact) mass is 258 g/mol. The van der Waals surface area contributed by atoms with Crippen molar-refractivity contribution < 1.29 is 22.7 Å². The highest BCUT2D eigenvalue weighted by atomic mass is 32.2. The number of hydrogen-bond donors (Lipinski definition) is 0. The van der Waals surface area contributed by atoms with E-state index in [4.69, 9.17) is 4.74 Å². The molecule has 1 aromatic rings. The summed E-state index contributed by atoms with van der Waals surface area (Å²) in [6.07, 6.45) is 0. The lowest BCUT2D eigenvalue weighted by atomic mass is 10.2. The third-order valence-electron chi connectivity index (χ3n) is 2.16. The predicted octanol–water partition coefficient (Wildman–Crippen LogP) is 1.93. The Hall–Kier alpha value is -1.56. The first kappa shape index (κ1) is 13.5. The molecule has 0 fully saturated rings. The van der Waals surface area contributed by atoms with Crippen molar-refractivity contribution in [2.24, 2.45) is 0 Å². The Morgan fingerprint density at radius 3 is 2.47 bits per heavy atom. The summed E-state index contributed by atoms with van der Waals surface area (Å²) in [5, 5.41) is -1.23. The highest BCUT2D eigenvalue weighted by Gasteiger charge is 2.26. The van der Waals surface area contributed by atoms with Crippen LogP contribution in [0.15, 0.2) is 23.1 Å². The Kier molecular flexibility index (Phi) is 4.11. The van der Waals surface area contributed by atoms with E-state index in [9.17, 15) is 13.2 Å². The first-order valence-electron chi connectivity index (χ1n) is 5.00. The van der Waals surface area contributed by atoms with Gasteiger partial charge in [-0.05, 0) is 37.6 Å². The molecule has 0 radical (unpaired) electrons. The average molecular weight is 258 g/mol. The molecule has 17 heavy (non-hydrogen) atoms. The van der Waals surface area contributed by atoms with Crippen molar-refractivity contribution in [3.63, 3.8) is 0 Å². The van der Waals surface area contributed by atoms with E-state index in [0.717, 1.165) is 0 Å². The van der Waals surface area contributed by atoms with Crippen LogP contribution in [0.25, 0.3) is 0 Å². The second-order valence-corrected chi connectivity index (χ2v) is 5.13. The fourth-order valence-corrected chi connectivity index (χ4v) is 2.35. The minimum atomic E-state index is -4.07. The van der Waals surface area contributed by atoms with Gasteiger partial charge in [0.05, 0.1) is 18.6 Å². The number of sulfone groups is 1. The molecular weight excluding hydrogens is 244 g/mol. The summed E-state index contributed by atoms with van der Waals surface area (Å²) < 4.78 is 33.0. The van der Waals surface area contributed by atoms with Crippen LogP contribution in [0.5, 0.6) is 5.75 Å². The normalized spacial score (nSPS) is 11.0. The average Bonchev–Trinajstić information content (AvgIpc) is 2.29. The molecule has 0 spiro atoms. The zero-order valence-electron chi connectivity index (χ0n) is 9.89. The maximum Gasteiger partial charge on any atom is 0.429 e. The largest absolute Gasteiger partial charge is 0.496 e. The molecule has 0 saturated heterocycles. The van der Waals surface area contributed by atoms with E-state index >= 15 is 0 Å². The summed E-state index contributed by atoms with van der Waals surface area (Å²) in [5.74, 6) is 0.563. The van der Waals surface area contributed by atoms with Crippen LogP contribution in [0.2, 0.25) is 0 Å². The van der Waals surface area contributed by atoms with Crippen molar-refractivity contribution >= 4 is 15.1 Å². The van der Waals surface area contributed by atoms with Crippen molar-refractivity contribution in [2.45, 2.75) is 18.7 Å². The highest BCUT2D eigenvalue weighted by molar-refractivity contribution is 8.05. The van der Waals surface area contributed by atoms with Crippen LogP contribution in [-0.4, -0.2) is 27.4 Å². The van der Waals surface area contributed by atoms with Crippen LogP contribution in [0.3, 0.4) is 0 Å². The van der Waals surface area contributed by atoms with Gasteiger partial charge < -0.3 is 9.47 Å². The number of carbonyl (C=O) groups excluding carboxylic acids is 1. The number of ether oxygens (including phenoxy) is 2. The summed E-state index contributed by atoms with van der Waals surface area (Å²) >= 11 is 0. The predicted molar refractivity (Wildman–Crippen MR) is 61.9 cm³/mol.